The second-order valence-corrected chi connectivity index (χ2v) is 6.65. The first-order chi connectivity index (χ1) is 9.98. The van der Waals surface area contributed by atoms with Crippen LogP contribution in [0.1, 0.15) is 62.7 Å². The van der Waals surface area contributed by atoms with Crippen molar-refractivity contribution in [3.63, 3.8) is 0 Å². The van der Waals surface area contributed by atoms with E-state index < -0.39 is 0 Å². The van der Waals surface area contributed by atoms with E-state index in [2.05, 4.69) is 31.1 Å². The molecule has 0 saturated heterocycles. The van der Waals surface area contributed by atoms with Gasteiger partial charge in [0.1, 0.15) is 5.82 Å². The van der Waals surface area contributed by atoms with Gasteiger partial charge in [0.25, 0.3) is 0 Å². The predicted molar refractivity (Wildman–Crippen MR) is 85.2 cm³/mol. The van der Waals surface area contributed by atoms with Gasteiger partial charge in [-0.3, -0.25) is 4.68 Å². The molecule has 0 atom stereocenters. The van der Waals surface area contributed by atoms with Crippen molar-refractivity contribution in [3.8, 4) is 0 Å². The third-order valence-electron chi connectivity index (χ3n) is 4.69. The van der Waals surface area contributed by atoms with Crippen LogP contribution in [0.2, 0.25) is 0 Å². The first kappa shape index (κ1) is 14.1. The van der Waals surface area contributed by atoms with E-state index in [1.807, 2.05) is 23.9 Å². The van der Waals surface area contributed by atoms with Gasteiger partial charge in [0.2, 0.25) is 0 Å². The fourth-order valence-corrected chi connectivity index (χ4v) is 3.33. The Morgan fingerprint density at radius 2 is 1.76 bits per heavy atom. The Morgan fingerprint density at radius 1 is 1.14 bits per heavy atom. The number of hydrogen-bond acceptors (Lipinski definition) is 3. The molecular formula is C17H24N4. The third kappa shape index (κ3) is 2.55. The van der Waals surface area contributed by atoms with Crippen molar-refractivity contribution in [2.75, 3.05) is 5.73 Å². The number of rotatable bonds is 3. The lowest BCUT2D eigenvalue weighted by molar-refractivity contribution is 0.542. The summed E-state index contributed by atoms with van der Waals surface area (Å²) >= 11 is 0. The summed E-state index contributed by atoms with van der Waals surface area (Å²) in [5, 5.41) is 4.68. The smallest absolute Gasteiger partial charge is 0.154 e. The highest BCUT2D eigenvalue weighted by Gasteiger charge is 2.31. The molecule has 1 fully saturated rings. The predicted octanol–water partition coefficient (Wildman–Crippen LogP) is 3.38. The maximum absolute atomic E-state index is 5.79. The van der Waals surface area contributed by atoms with Gasteiger partial charge in [0.15, 0.2) is 5.82 Å². The molecule has 4 heteroatoms. The standard InChI is InChI=1S/C17H24N4/c1-17(2,13-8-10-14(18)11-9-13)16-19-15(20-21(16)3)12-6-4-5-7-12/h8-12H,4-7,18H2,1-3H3. The van der Waals surface area contributed by atoms with E-state index in [9.17, 15) is 0 Å². The fourth-order valence-electron chi connectivity index (χ4n) is 3.33. The highest BCUT2D eigenvalue weighted by atomic mass is 15.3. The zero-order chi connectivity index (χ0) is 15.0. The molecule has 112 valence electrons. The summed E-state index contributed by atoms with van der Waals surface area (Å²) in [7, 11) is 2.00. The van der Waals surface area contributed by atoms with Crippen LogP contribution in [0.3, 0.4) is 0 Å². The summed E-state index contributed by atoms with van der Waals surface area (Å²) in [5.74, 6) is 2.59. The number of hydrogen-bond donors (Lipinski definition) is 1. The Morgan fingerprint density at radius 3 is 2.38 bits per heavy atom. The maximum atomic E-state index is 5.79. The molecule has 4 nitrogen and oxygen atoms in total. The Balaban J connectivity index is 1.96. The molecule has 0 radical (unpaired) electrons. The molecule has 0 amide bonds. The number of anilines is 1. The molecule has 0 spiro atoms. The van der Waals surface area contributed by atoms with Gasteiger partial charge in [-0.1, -0.05) is 25.0 Å². The van der Waals surface area contributed by atoms with Crippen molar-refractivity contribution in [2.45, 2.75) is 50.9 Å². The van der Waals surface area contributed by atoms with E-state index in [4.69, 9.17) is 10.7 Å². The Labute approximate surface area is 126 Å². The minimum absolute atomic E-state index is 0.174. The molecule has 1 aromatic carbocycles. The van der Waals surface area contributed by atoms with E-state index in [-0.39, 0.29) is 5.41 Å². The van der Waals surface area contributed by atoms with Gasteiger partial charge in [0, 0.05) is 24.1 Å². The van der Waals surface area contributed by atoms with E-state index in [0.29, 0.717) is 5.92 Å². The van der Waals surface area contributed by atoms with Gasteiger partial charge < -0.3 is 5.73 Å². The molecule has 0 unspecified atom stereocenters. The van der Waals surface area contributed by atoms with Crippen molar-refractivity contribution in [1.82, 2.24) is 14.8 Å². The normalized spacial score (nSPS) is 16.5. The molecule has 0 bridgehead atoms. The molecule has 1 aliphatic carbocycles. The van der Waals surface area contributed by atoms with Crippen LogP contribution in [0.5, 0.6) is 0 Å². The summed E-state index contributed by atoms with van der Waals surface area (Å²) in [6.07, 6.45) is 5.07. The minimum atomic E-state index is -0.174. The Kier molecular flexibility index (Phi) is 3.47. The first-order valence-corrected chi connectivity index (χ1v) is 7.76. The SMILES string of the molecule is Cn1nc(C2CCCC2)nc1C(C)(C)c1ccc(N)cc1. The summed E-state index contributed by atoms with van der Waals surface area (Å²) < 4.78 is 1.95. The molecule has 1 heterocycles. The highest BCUT2D eigenvalue weighted by molar-refractivity contribution is 5.43. The molecule has 1 aliphatic rings. The number of nitrogens with two attached hydrogens (primary N) is 1. The first-order valence-electron chi connectivity index (χ1n) is 7.76. The van der Waals surface area contributed by atoms with E-state index >= 15 is 0 Å². The summed E-state index contributed by atoms with van der Waals surface area (Å²) in [6.45, 7) is 4.39. The number of aryl methyl sites for hydroxylation is 1. The van der Waals surface area contributed by atoms with Crippen LogP contribution >= 0.6 is 0 Å². The number of nitrogen functional groups attached to an aromatic ring is 1. The van der Waals surface area contributed by atoms with Gasteiger partial charge >= 0.3 is 0 Å². The van der Waals surface area contributed by atoms with Crippen LogP contribution in [0.25, 0.3) is 0 Å². The van der Waals surface area contributed by atoms with E-state index in [1.54, 1.807) is 0 Å². The van der Waals surface area contributed by atoms with Crippen LogP contribution < -0.4 is 5.73 Å². The molecule has 1 aromatic heterocycles. The zero-order valence-corrected chi connectivity index (χ0v) is 13.1. The topological polar surface area (TPSA) is 56.7 Å². The Bertz CT molecular complexity index is 619. The monoisotopic (exact) mass is 284 g/mol. The van der Waals surface area contributed by atoms with Gasteiger partial charge in [-0.25, -0.2) is 4.98 Å². The summed E-state index contributed by atoms with van der Waals surface area (Å²) in [4.78, 5) is 4.88. The van der Waals surface area contributed by atoms with Crippen molar-refractivity contribution < 1.29 is 0 Å². The molecule has 0 aliphatic heterocycles. The van der Waals surface area contributed by atoms with Crippen molar-refractivity contribution in [2.24, 2.45) is 7.05 Å². The van der Waals surface area contributed by atoms with Crippen LogP contribution in [0.4, 0.5) is 5.69 Å². The van der Waals surface area contributed by atoms with Gasteiger partial charge in [0.05, 0.1) is 0 Å². The molecule has 21 heavy (non-hydrogen) atoms. The molecule has 3 rings (SSSR count). The van der Waals surface area contributed by atoms with Gasteiger partial charge in [-0.05, 0) is 44.4 Å². The second-order valence-electron chi connectivity index (χ2n) is 6.65. The largest absolute Gasteiger partial charge is 0.399 e. The van der Waals surface area contributed by atoms with Crippen LogP contribution in [-0.2, 0) is 12.5 Å². The van der Waals surface area contributed by atoms with Crippen LogP contribution in [0.15, 0.2) is 24.3 Å². The second kappa shape index (κ2) is 5.17. The number of nitrogens with zero attached hydrogens (tertiary/aromatic N) is 3. The lowest BCUT2D eigenvalue weighted by atomic mass is 9.83. The maximum Gasteiger partial charge on any atom is 0.154 e. The molecule has 2 N–H and O–H groups in total. The van der Waals surface area contributed by atoms with Crippen LogP contribution in [0, 0.1) is 0 Å². The summed E-state index contributed by atoms with van der Waals surface area (Å²) in [5.41, 5.74) is 7.62. The van der Waals surface area contributed by atoms with E-state index in [0.717, 1.165) is 17.3 Å². The lowest BCUT2D eigenvalue weighted by Gasteiger charge is -2.24. The van der Waals surface area contributed by atoms with Crippen molar-refractivity contribution in [3.05, 3.63) is 41.5 Å². The summed E-state index contributed by atoms with van der Waals surface area (Å²) in [6, 6.07) is 8.06. The third-order valence-corrected chi connectivity index (χ3v) is 4.69. The van der Waals surface area contributed by atoms with Gasteiger partial charge in [-0.15, -0.1) is 0 Å². The van der Waals surface area contributed by atoms with Crippen LogP contribution in [-0.4, -0.2) is 14.8 Å². The molecular weight excluding hydrogens is 260 g/mol. The zero-order valence-electron chi connectivity index (χ0n) is 13.1. The average Bonchev–Trinajstić information content (AvgIpc) is 3.08. The van der Waals surface area contributed by atoms with Crippen molar-refractivity contribution in [1.29, 1.82) is 0 Å². The highest BCUT2D eigenvalue weighted by Crippen LogP contribution is 2.35. The average molecular weight is 284 g/mol. The Hall–Kier alpha value is -1.84. The lowest BCUT2D eigenvalue weighted by Crippen LogP contribution is -2.24. The quantitative estimate of drug-likeness (QED) is 0.879. The fraction of sp³-hybridized carbons (Fsp3) is 0.529. The van der Waals surface area contributed by atoms with E-state index in [1.165, 1.54) is 31.2 Å². The van der Waals surface area contributed by atoms with Crippen molar-refractivity contribution >= 4 is 5.69 Å². The molecule has 2 aromatic rings. The number of benzene rings is 1. The minimum Gasteiger partial charge on any atom is -0.399 e. The van der Waals surface area contributed by atoms with Gasteiger partial charge in [-0.2, -0.15) is 5.10 Å². The molecule has 1 saturated carbocycles. The number of aromatic nitrogens is 3.